The number of hydrogen-bond acceptors (Lipinski definition) is 3. The average molecular weight is 157 g/mol. The standard InChI is InChI=1S/C5H7N3OS/c6-5(9)7-4-2-1-3-10-8-4/h1-3,8H,(H3,6,7,9). The van der Waals surface area contributed by atoms with Gasteiger partial charge in [-0.3, -0.25) is 5.32 Å². The molecule has 0 saturated heterocycles. The molecule has 0 bridgehead atoms. The third-order valence-electron chi connectivity index (χ3n) is 0.836. The molecular formula is C5H7N3OS. The molecule has 54 valence electrons. The molecular weight excluding hydrogens is 150 g/mol. The summed E-state index contributed by atoms with van der Waals surface area (Å²) in [6.45, 7) is 0. The summed E-state index contributed by atoms with van der Waals surface area (Å²) >= 11 is 1.38. The summed E-state index contributed by atoms with van der Waals surface area (Å²) in [5, 5.41) is 4.25. The minimum Gasteiger partial charge on any atom is -0.351 e. The second-order valence-electron chi connectivity index (χ2n) is 1.62. The number of primary amides is 1. The molecule has 10 heavy (non-hydrogen) atoms. The van der Waals surface area contributed by atoms with Crippen LogP contribution in [0.15, 0.2) is 23.4 Å². The van der Waals surface area contributed by atoms with Crippen molar-refractivity contribution in [3.05, 3.63) is 23.4 Å². The van der Waals surface area contributed by atoms with Crippen LogP contribution in [-0.4, -0.2) is 6.03 Å². The summed E-state index contributed by atoms with van der Waals surface area (Å²) in [4.78, 5) is 10.3. The molecule has 1 heterocycles. The van der Waals surface area contributed by atoms with Gasteiger partial charge in [0.05, 0.1) is 0 Å². The van der Waals surface area contributed by atoms with E-state index in [1.807, 2.05) is 11.5 Å². The van der Waals surface area contributed by atoms with Crippen LogP contribution >= 0.6 is 11.9 Å². The number of urea groups is 1. The summed E-state index contributed by atoms with van der Waals surface area (Å²) < 4.78 is 2.83. The molecule has 1 aliphatic rings. The zero-order valence-electron chi connectivity index (χ0n) is 5.13. The molecule has 0 spiro atoms. The Labute approximate surface area is 62.7 Å². The number of amides is 2. The second kappa shape index (κ2) is 3.17. The predicted molar refractivity (Wildman–Crippen MR) is 40.7 cm³/mol. The number of nitrogens with two attached hydrogens (primary N) is 1. The van der Waals surface area contributed by atoms with Gasteiger partial charge in [0.2, 0.25) is 0 Å². The molecule has 0 atom stereocenters. The summed E-state index contributed by atoms with van der Waals surface area (Å²) in [5.74, 6) is 0.611. The Kier molecular flexibility index (Phi) is 2.22. The van der Waals surface area contributed by atoms with Crippen molar-refractivity contribution < 1.29 is 4.79 Å². The third-order valence-corrected chi connectivity index (χ3v) is 1.47. The van der Waals surface area contributed by atoms with E-state index in [1.165, 1.54) is 11.9 Å². The van der Waals surface area contributed by atoms with Gasteiger partial charge < -0.3 is 10.5 Å². The van der Waals surface area contributed by atoms with E-state index in [0.29, 0.717) is 5.82 Å². The molecule has 1 aliphatic heterocycles. The lowest BCUT2D eigenvalue weighted by molar-refractivity contribution is 0.251. The monoisotopic (exact) mass is 157 g/mol. The van der Waals surface area contributed by atoms with Crippen LogP contribution in [0.4, 0.5) is 4.79 Å². The lowest BCUT2D eigenvalue weighted by Gasteiger charge is -2.09. The largest absolute Gasteiger partial charge is 0.351 e. The summed E-state index contributed by atoms with van der Waals surface area (Å²) in [7, 11) is 0. The molecule has 4 nitrogen and oxygen atoms in total. The first-order valence-corrected chi connectivity index (χ1v) is 3.52. The Balaban J connectivity index is 2.47. The van der Waals surface area contributed by atoms with E-state index < -0.39 is 6.03 Å². The number of carbonyl (C=O) groups is 1. The molecule has 5 heteroatoms. The molecule has 0 radical (unpaired) electrons. The minimum atomic E-state index is -0.561. The Bertz CT molecular complexity index is 199. The van der Waals surface area contributed by atoms with Crippen molar-refractivity contribution >= 4 is 18.0 Å². The zero-order valence-corrected chi connectivity index (χ0v) is 5.94. The van der Waals surface area contributed by atoms with E-state index in [2.05, 4.69) is 10.0 Å². The van der Waals surface area contributed by atoms with Crippen LogP contribution < -0.4 is 15.8 Å². The second-order valence-corrected chi connectivity index (χ2v) is 2.33. The lowest BCUT2D eigenvalue weighted by atomic mass is 10.5. The van der Waals surface area contributed by atoms with Gasteiger partial charge in [-0.15, -0.1) is 0 Å². The van der Waals surface area contributed by atoms with Crippen LogP contribution in [0.1, 0.15) is 0 Å². The summed E-state index contributed by atoms with van der Waals surface area (Å²) in [6.07, 6.45) is 3.54. The van der Waals surface area contributed by atoms with Gasteiger partial charge in [0.1, 0.15) is 5.82 Å². The highest BCUT2D eigenvalue weighted by Gasteiger charge is 1.98. The van der Waals surface area contributed by atoms with E-state index in [9.17, 15) is 4.79 Å². The number of hydrogen-bond donors (Lipinski definition) is 3. The van der Waals surface area contributed by atoms with Crippen LogP contribution in [0, 0.1) is 0 Å². The van der Waals surface area contributed by atoms with E-state index in [4.69, 9.17) is 5.73 Å². The summed E-state index contributed by atoms with van der Waals surface area (Å²) in [5.41, 5.74) is 4.86. The SMILES string of the molecule is NC(=O)NC1=CC=CSN1. The highest BCUT2D eigenvalue weighted by molar-refractivity contribution is 8.00. The minimum absolute atomic E-state index is 0.561. The van der Waals surface area contributed by atoms with E-state index >= 15 is 0 Å². The van der Waals surface area contributed by atoms with Crippen molar-refractivity contribution in [2.45, 2.75) is 0 Å². The van der Waals surface area contributed by atoms with Crippen molar-refractivity contribution in [1.29, 1.82) is 0 Å². The third kappa shape index (κ3) is 2.02. The van der Waals surface area contributed by atoms with Gasteiger partial charge in [-0.1, -0.05) is 6.08 Å². The fourth-order valence-corrected chi connectivity index (χ4v) is 0.977. The van der Waals surface area contributed by atoms with Crippen molar-refractivity contribution in [1.82, 2.24) is 10.0 Å². The molecule has 0 aromatic rings. The van der Waals surface area contributed by atoms with Crippen LogP contribution in [-0.2, 0) is 0 Å². The number of allylic oxidation sites excluding steroid dienone is 2. The van der Waals surface area contributed by atoms with Gasteiger partial charge in [0.15, 0.2) is 0 Å². The molecule has 0 fully saturated rings. The van der Waals surface area contributed by atoms with Gasteiger partial charge in [-0.2, -0.15) is 0 Å². The van der Waals surface area contributed by atoms with Crippen LogP contribution in [0.3, 0.4) is 0 Å². The maximum atomic E-state index is 10.3. The molecule has 4 N–H and O–H groups in total. The normalized spacial score (nSPS) is 15.4. The predicted octanol–water partition coefficient (Wildman–Crippen LogP) is 0.261. The van der Waals surface area contributed by atoms with Crippen molar-refractivity contribution in [3.63, 3.8) is 0 Å². The Morgan fingerprint density at radius 2 is 2.60 bits per heavy atom. The molecule has 1 rings (SSSR count). The van der Waals surface area contributed by atoms with Gasteiger partial charge in [0, 0.05) is 0 Å². The Morgan fingerprint density at radius 1 is 1.80 bits per heavy atom. The number of rotatable bonds is 1. The highest BCUT2D eigenvalue weighted by atomic mass is 32.2. The molecule has 2 amide bonds. The topological polar surface area (TPSA) is 67.2 Å². The molecule has 0 aliphatic carbocycles. The number of carbonyl (C=O) groups excluding carboxylic acids is 1. The maximum absolute atomic E-state index is 10.3. The molecule has 0 unspecified atom stereocenters. The van der Waals surface area contributed by atoms with Crippen molar-refractivity contribution in [2.75, 3.05) is 0 Å². The fourth-order valence-electron chi connectivity index (χ4n) is 0.506. The number of nitrogens with one attached hydrogen (secondary N) is 2. The Hall–Kier alpha value is -1.10. The van der Waals surface area contributed by atoms with E-state index in [0.717, 1.165) is 0 Å². The van der Waals surface area contributed by atoms with Crippen molar-refractivity contribution in [3.8, 4) is 0 Å². The van der Waals surface area contributed by atoms with Gasteiger partial charge in [-0.05, 0) is 23.4 Å². The smallest absolute Gasteiger partial charge is 0.317 e. The first-order valence-electron chi connectivity index (χ1n) is 2.64. The fraction of sp³-hybridized carbons (Fsp3) is 0. The molecule has 0 aromatic carbocycles. The molecule has 0 saturated carbocycles. The van der Waals surface area contributed by atoms with Crippen LogP contribution in [0.25, 0.3) is 0 Å². The highest BCUT2D eigenvalue weighted by Crippen LogP contribution is 2.04. The van der Waals surface area contributed by atoms with Gasteiger partial charge >= 0.3 is 6.03 Å². The van der Waals surface area contributed by atoms with Crippen LogP contribution in [0.5, 0.6) is 0 Å². The zero-order chi connectivity index (χ0) is 7.40. The quantitative estimate of drug-likeness (QED) is 0.478. The summed E-state index contributed by atoms with van der Waals surface area (Å²) in [6, 6.07) is -0.561. The average Bonchev–Trinajstić information content (AvgIpc) is 1.88. The van der Waals surface area contributed by atoms with Crippen LogP contribution in [0.2, 0.25) is 0 Å². The maximum Gasteiger partial charge on any atom is 0.317 e. The first kappa shape index (κ1) is 7.01. The molecule has 0 aromatic heterocycles. The first-order chi connectivity index (χ1) is 4.79. The van der Waals surface area contributed by atoms with Gasteiger partial charge in [0.25, 0.3) is 0 Å². The van der Waals surface area contributed by atoms with E-state index in [1.54, 1.807) is 6.08 Å². The van der Waals surface area contributed by atoms with E-state index in [-0.39, 0.29) is 0 Å². The Morgan fingerprint density at radius 3 is 3.10 bits per heavy atom. The van der Waals surface area contributed by atoms with Gasteiger partial charge in [-0.25, -0.2) is 4.79 Å². The van der Waals surface area contributed by atoms with Crippen molar-refractivity contribution in [2.24, 2.45) is 5.73 Å². The lowest BCUT2D eigenvalue weighted by Crippen LogP contribution is -2.33.